The van der Waals surface area contributed by atoms with Gasteiger partial charge >= 0.3 is 11.6 Å². The molecule has 4 aromatic rings. The highest BCUT2D eigenvalue weighted by molar-refractivity contribution is 5.87. The number of benzene rings is 1. The van der Waals surface area contributed by atoms with Crippen LogP contribution in [0.1, 0.15) is 27.2 Å². The lowest BCUT2D eigenvalue weighted by atomic mass is 9.99. The monoisotopic (exact) mass is 438 g/mol. The molecule has 0 saturated heterocycles. The number of halogens is 2. The fraction of sp³-hybridized carbons (Fsp3) is 0.130. The fourth-order valence-corrected chi connectivity index (χ4v) is 3.25. The van der Waals surface area contributed by atoms with Gasteiger partial charge in [0.2, 0.25) is 0 Å². The van der Waals surface area contributed by atoms with Gasteiger partial charge in [0.1, 0.15) is 11.3 Å². The highest BCUT2D eigenvalue weighted by Gasteiger charge is 2.20. The van der Waals surface area contributed by atoms with E-state index in [0.717, 1.165) is 7.11 Å². The van der Waals surface area contributed by atoms with E-state index in [9.17, 15) is 18.4 Å². The van der Waals surface area contributed by atoms with Gasteiger partial charge in [-0.15, -0.1) is 0 Å². The maximum atomic E-state index is 14.7. The Bertz CT molecular complexity index is 1400. The number of rotatable bonds is 5. The average Bonchev–Trinajstić information content (AvgIpc) is 2.78. The predicted octanol–water partition coefficient (Wildman–Crippen LogP) is 4.34. The van der Waals surface area contributed by atoms with Gasteiger partial charge in [-0.05, 0) is 48.4 Å². The van der Waals surface area contributed by atoms with Gasteiger partial charge in [0.05, 0.1) is 7.11 Å². The van der Waals surface area contributed by atoms with Crippen LogP contribution in [0.5, 0.6) is 11.6 Å². The topological polar surface area (TPSA) is 91.5 Å². The van der Waals surface area contributed by atoms with E-state index in [1.807, 2.05) is 0 Å². The summed E-state index contributed by atoms with van der Waals surface area (Å²) in [6, 6.07) is 8.70. The molecule has 0 N–H and O–H groups in total. The Morgan fingerprint density at radius 2 is 1.94 bits per heavy atom. The standard InChI is InChI=1S/C23H16F2N2O5/c1-12-15-6-5-14(31-21-17(24)4-3-8-27-21)11-18(15)32-22(28)16(12)10-13-7-9-26-20(19(13)25)23(29)30-2/h3-9,11H,10H2,1-2H3. The van der Waals surface area contributed by atoms with Gasteiger partial charge in [-0.25, -0.2) is 28.3 Å². The van der Waals surface area contributed by atoms with Crippen molar-refractivity contribution in [3.8, 4) is 11.6 Å². The Kier molecular flexibility index (Phi) is 5.63. The smallest absolute Gasteiger partial charge is 0.359 e. The van der Waals surface area contributed by atoms with Crippen molar-refractivity contribution in [2.24, 2.45) is 0 Å². The zero-order chi connectivity index (χ0) is 22.8. The van der Waals surface area contributed by atoms with Gasteiger partial charge in [-0.2, -0.15) is 0 Å². The summed E-state index contributed by atoms with van der Waals surface area (Å²) in [6.07, 6.45) is 2.54. The van der Waals surface area contributed by atoms with Gasteiger partial charge in [0.25, 0.3) is 5.88 Å². The first-order valence-corrected chi connectivity index (χ1v) is 9.45. The highest BCUT2D eigenvalue weighted by Crippen LogP contribution is 2.28. The lowest BCUT2D eigenvalue weighted by molar-refractivity contribution is 0.0588. The number of carbonyl (C=O) groups excluding carboxylic acids is 1. The summed E-state index contributed by atoms with van der Waals surface area (Å²) >= 11 is 0. The zero-order valence-electron chi connectivity index (χ0n) is 17.0. The number of aryl methyl sites for hydroxylation is 1. The molecule has 3 heterocycles. The Morgan fingerprint density at radius 1 is 1.12 bits per heavy atom. The molecular formula is C23H16F2N2O5. The zero-order valence-corrected chi connectivity index (χ0v) is 17.0. The molecule has 0 aliphatic heterocycles. The minimum absolute atomic E-state index is 0.0979. The maximum absolute atomic E-state index is 14.7. The number of methoxy groups -OCH3 is 1. The van der Waals surface area contributed by atoms with Gasteiger partial charge < -0.3 is 13.9 Å². The van der Waals surface area contributed by atoms with E-state index >= 15 is 0 Å². The molecule has 0 bridgehead atoms. The Labute approximate surface area is 180 Å². The van der Waals surface area contributed by atoms with Crippen molar-refractivity contribution in [1.82, 2.24) is 9.97 Å². The van der Waals surface area contributed by atoms with Crippen LogP contribution in [-0.2, 0) is 11.2 Å². The van der Waals surface area contributed by atoms with Crippen LogP contribution in [0.25, 0.3) is 11.0 Å². The number of esters is 1. The van der Waals surface area contributed by atoms with E-state index in [1.54, 1.807) is 19.1 Å². The van der Waals surface area contributed by atoms with Crippen LogP contribution in [0.2, 0.25) is 0 Å². The molecule has 9 heteroatoms. The minimum Gasteiger partial charge on any atom is -0.464 e. The molecule has 0 atom stereocenters. The van der Waals surface area contributed by atoms with Gasteiger partial charge in [0.15, 0.2) is 17.3 Å². The van der Waals surface area contributed by atoms with Crippen molar-refractivity contribution in [1.29, 1.82) is 0 Å². The van der Waals surface area contributed by atoms with E-state index in [4.69, 9.17) is 9.15 Å². The second-order valence-electron chi connectivity index (χ2n) is 6.84. The number of carbonyl (C=O) groups is 1. The molecule has 0 saturated carbocycles. The molecule has 4 rings (SSSR count). The average molecular weight is 438 g/mol. The largest absolute Gasteiger partial charge is 0.464 e. The van der Waals surface area contributed by atoms with Gasteiger partial charge in [-0.1, -0.05) is 0 Å². The fourth-order valence-electron chi connectivity index (χ4n) is 3.25. The highest BCUT2D eigenvalue weighted by atomic mass is 19.1. The number of fused-ring (bicyclic) bond motifs is 1. The molecule has 162 valence electrons. The molecule has 7 nitrogen and oxygen atoms in total. The number of nitrogens with zero attached hydrogens (tertiary/aromatic N) is 2. The van der Waals surface area contributed by atoms with Crippen LogP contribution in [0.15, 0.2) is 58.0 Å². The summed E-state index contributed by atoms with van der Waals surface area (Å²) in [5.41, 5.74) is -0.0230. The molecule has 3 aromatic heterocycles. The van der Waals surface area contributed by atoms with E-state index < -0.39 is 28.9 Å². The number of aromatic nitrogens is 2. The number of hydrogen-bond donors (Lipinski definition) is 0. The molecule has 0 aliphatic rings. The predicted molar refractivity (Wildman–Crippen MR) is 110 cm³/mol. The third-order valence-corrected chi connectivity index (χ3v) is 4.91. The van der Waals surface area contributed by atoms with Gasteiger partial charge in [-0.3, -0.25) is 0 Å². The van der Waals surface area contributed by atoms with Crippen LogP contribution in [0.4, 0.5) is 8.78 Å². The summed E-state index contributed by atoms with van der Waals surface area (Å²) in [5.74, 6) is -2.39. The van der Waals surface area contributed by atoms with Crippen molar-refractivity contribution >= 4 is 16.9 Å². The quantitative estimate of drug-likeness (QED) is 0.338. The lowest BCUT2D eigenvalue weighted by Gasteiger charge is -2.11. The lowest BCUT2D eigenvalue weighted by Crippen LogP contribution is -2.14. The van der Waals surface area contributed by atoms with E-state index in [-0.39, 0.29) is 34.8 Å². The number of hydrogen-bond acceptors (Lipinski definition) is 7. The summed E-state index contributed by atoms with van der Waals surface area (Å²) in [4.78, 5) is 31.9. The van der Waals surface area contributed by atoms with Crippen molar-refractivity contribution in [3.05, 3.63) is 93.2 Å². The second-order valence-corrected chi connectivity index (χ2v) is 6.84. The SMILES string of the molecule is COC(=O)c1nccc(Cc2c(C)c3ccc(Oc4ncccc4F)cc3oc2=O)c1F. The summed E-state index contributed by atoms with van der Waals surface area (Å²) < 4.78 is 43.9. The van der Waals surface area contributed by atoms with Crippen LogP contribution in [-0.4, -0.2) is 23.0 Å². The van der Waals surface area contributed by atoms with E-state index in [0.29, 0.717) is 10.9 Å². The first-order chi connectivity index (χ1) is 15.4. The molecular weight excluding hydrogens is 422 g/mol. The molecule has 0 aliphatic carbocycles. The van der Waals surface area contributed by atoms with Crippen molar-refractivity contribution in [2.45, 2.75) is 13.3 Å². The molecule has 0 unspecified atom stereocenters. The molecule has 32 heavy (non-hydrogen) atoms. The van der Waals surface area contributed by atoms with Gasteiger partial charge in [0, 0.05) is 35.8 Å². The summed E-state index contributed by atoms with van der Waals surface area (Å²) in [7, 11) is 1.12. The van der Waals surface area contributed by atoms with E-state index in [2.05, 4.69) is 14.7 Å². The number of ether oxygens (including phenoxy) is 2. The maximum Gasteiger partial charge on any atom is 0.359 e. The third-order valence-electron chi connectivity index (χ3n) is 4.91. The molecule has 0 amide bonds. The van der Waals surface area contributed by atoms with Crippen molar-refractivity contribution in [2.75, 3.05) is 7.11 Å². The molecule has 1 aromatic carbocycles. The van der Waals surface area contributed by atoms with Crippen LogP contribution < -0.4 is 10.4 Å². The normalized spacial score (nSPS) is 10.9. The Balaban J connectivity index is 1.71. The van der Waals surface area contributed by atoms with Crippen LogP contribution >= 0.6 is 0 Å². The Hall–Kier alpha value is -4.14. The van der Waals surface area contributed by atoms with Crippen LogP contribution in [0.3, 0.4) is 0 Å². The van der Waals surface area contributed by atoms with Crippen LogP contribution in [0, 0.1) is 18.6 Å². The first kappa shape index (κ1) is 21.1. The molecule has 0 radical (unpaired) electrons. The second kappa shape index (κ2) is 8.54. The Morgan fingerprint density at radius 3 is 2.69 bits per heavy atom. The summed E-state index contributed by atoms with van der Waals surface area (Å²) in [5, 5.41) is 0.594. The summed E-state index contributed by atoms with van der Waals surface area (Å²) in [6.45, 7) is 1.70. The minimum atomic E-state index is -0.913. The molecule has 0 spiro atoms. The van der Waals surface area contributed by atoms with Crippen molar-refractivity contribution < 1.29 is 27.5 Å². The number of pyridine rings is 2. The molecule has 0 fully saturated rings. The third kappa shape index (κ3) is 3.92. The van der Waals surface area contributed by atoms with Crippen molar-refractivity contribution in [3.63, 3.8) is 0 Å². The first-order valence-electron chi connectivity index (χ1n) is 9.45. The van der Waals surface area contributed by atoms with E-state index in [1.165, 1.54) is 36.7 Å².